The molecule has 0 saturated heterocycles. The molecule has 0 radical (unpaired) electrons. The maximum Gasteiger partial charge on any atom is 0.124 e. The quantitative estimate of drug-likeness (QED) is 0.430. The van der Waals surface area contributed by atoms with Gasteiger partial charge < -0.3 is 4.74 Å². The summed E-state index contributed by atoms with van der Waals surface area (Å²) in [5, 5.41) is -0.221. The molecule has 0 aromatic heterocycles. The molecule has 1 nitrogen and oxygen atoms in total. The molecule has 2 aromatic rings. The summed E-state index contributed by atoms with van der Waals surface area (Å²) in [6.07, 6.45) is 0. The molecule has 0 aliphatic rings. The van der Waals surface area contributed by atoms with Gasteiger partial charge in [0, 0.05) is 13.6 Å². The summed E-state index contributed by atoms with van der Waals surface area (Å²) in [7, 11) is 1.67. The van der Waals surface area contributed by atoms with Crippen molar-refractivity contribution < 1.29 is 4.74 Å². The number of ether oxygens (including phenoxy) is 1. The van der Waals surface area contributed by atoms with Crippen molar-refractivity contribution in [2.75, 3.05) is 7.11 Å². The van der Waals surface area contributed by atoms with E-state index in [0.717, 1.165) is 26.9 Å². The second kappa shape index (κ2) is 6.46. The molecule has 0 saturated carbocycles. The Morgan fingerprint density at radius 3 is 2.63 bits per heavy atom. The molecule has 2 aromatic carbocycles. The average Bonchev–Trinajstić information content (AvgIpc) is 2.40. The molecule has 0 heterocycles. The standard InChI is InChI=1S/C15H13BrClIO/c1-9-6-14(19-2)12(8-13(9)16)15(17)10-4-3-5-11(18)7-10/h3-8,15H,1-2H3. The number of benzene rings is 2. The van der Waals surface area contributed by atoms with Gasteiger partial charge in [-0.15, -0.1) is 11.6 Å². The molecule has 1 unspecified atom stereocenters. The first-order valence-electron chi connectivity index (χ1n) is 5.76. The Balaban J connectivity index is 2.49. The molecule has 0 fully saturated rings. The lowest BCUT2D eigenvalue weighted by molar-refractivity contribution is 0.409. The van der Waals surface area contributed by atoms with Crippen molar-refractivity contribution in [1.29, 1.82) is 0 Å². The molecular formula is C15H13BrClIO. The summed E-state index contributed by atoms with van der Waals surface area (Å²) in [5.74, 6) is 0.819. The van der Waals surface area contributed by atoms with Gasteiger partial charge in [0.15, 0.2) is 0 Å². The fourth-order valence-electron chi connectivity index (χ4n) is 1.89. The Labute approximate surface area is 140 Å². The zero-order chi connectivity index (χ0) is 14.0. The maximum atomic E-state index is 6.61. The van der Waals surface area contributed by atoms with Gasteiger partial charge >= 0.3 is 0 Å². The molecule has 0 amide bonds. The summed E-state index contributed by atoms with van der Waals surface area (Å²) < 4.78 is 7.66. The van der Waals surface area contributed by atoms with Crippen LogP contribution in [-0.4, -0.2) is 7.11 Å². The minimum absolute atomic E-state index is 0.221. The molecule has 100 valence electrons. The highest BCUT2D eigenvalue weighted by Gasteiger charge is 2.17. The van der Waals surface area contributed by atoms with Gasteiger partial charge in [0.25, 0.3) is 0 Å². The van der Waals surface area contributed by atoms with Crippen LogP contribution in [0.5, 0.6) is 5.75 Å². The Bertz CT molecular complexity index is 601. The summed E-state index contributed by atoms with van der Waals surface area (Å²) >= 11 is 12.4. The second-order valence-corrected chi connectivity index (χ2v) is 6.80. The minimum atomic E-state index is -0.221. The third kappa shape index (κ3) is 3.44. The zero-order valence-corrected chi connectivity index (χ0v) is 15.1. The molecule has 1 atom stereocenters. The van der Waals surface area contributed by atoms with Crippen molar-refractivity contribution in [2.45, 2.75) is 12.3 Å². The number of alkyl halides is 1. The van der Waals surface area contributed by atoms with Crippen LogP contribution in [0.1, 0.15) is 22.1 Å². The summed E-state index contributed by atoms with van der Waals surface area (Å²) in [4.78, 5) is 0. The van der Waals surface area contributed by atoms with E-state index in [4.69, 9.17) is 16.3 Å². The molecular weight excluding hydrogens is 438 g/mol. The van der Waals surface area contributed by atoms with E-state index in [9.17, 15) is 0 Å². The SMILES string of the molecule is COc1cc(C)c(Br)cc1C(Cl)c1cccc(I)c1. The molecule has 4 heteroatoms. The van der Waals surface area contributed by atoms with E-state index in [1.807, 2.05) is 31.2 Å². The van der Waals surface area contributed by atoms with Crippen molar-refractivity contribution in [1.82, 2.24) is 0 Å². The third-order valence-corrected chi connectivity index (χ3v) is 4.94. The third-order valence-electron chi connectivity index (χ3n) is 2.93. The largest absolute Gasteiger partial charge is 0.496 e. The molecule has 0 bridgehead atoms. The Morgan fingerprint density at radius 2 is 2.00 bits per heavy atom. The van der Waals surface area contributed by atoms with Crippen LogP contribution in [0.4, 0.5) is 0 Å². The predicted molar refractivity (Wildman–Crippen MR) is 92.3 cm³/mol. The van der Waals surface area contributed by atoms with Gasteiger partial charge in [0.2, 0.25) is 0 Å². The lowest BCUT2D eigenvalue weighted by atomic mass is 10.0. The molecule has 0 spiro atoms. The minimum Gasteiger partial charge on any atom is -0.496 e. The normalized spacial score (nSPS) is 12.3. The van der Waals surface area contributed by atoms with Crippen LogP contribution in [0.25, 0.3) is 0 Å². The zero-order valence-electron chi connectivity index (χ0n) is 10.6. The number of hydrogen-bond acceptors (Lipinski definition) is 1. The van der Waals surface area contributed by atoms with Gasteiger partial charge in [-0.25, -0.2) is 0 Å². The van der Waals surface area contributed by atoms with E-state index >= 15 is 0 Å². The van der Waals surface area contributed by atoms with Gasteiger partial charge in [0.05, 0.1) is 12.5 Å². The monoisotopic (exact) mass is 450 g/mol. The van der Waals surface area contributed by atoms with Crippen molar-refractivity contribution in [3.05, 3.63) is 61.1 Å². The van der Waals surface area contributed by atoms with Crippen LogP contribution in [-0.2, 0) is 0 Å². The van der Waals surface area contributed by atoms with Crippen LogP contribution in [0.15, 0.2) is 40.9 Å². The number of aryl methyl sites for hydroxylation is 1. The lowest BCUT2D eigenvalue weighted by Crippen LogP contribution is -1.99. The maximum absolute atomic E-state index is 6.61. The number of hydrogen-bond donors (Lipinski definition) is 0. The first-order chi connectivity index (χ1) is 9.02. The predicted octanol–water partition coefficient (Wildman–Crippen LogP) is 5.70. The first-order valence-corrected chi connectivity index (χ1v) is 8.07. The summed E-state index contributed by atoms with van der Waals surface area (Å²) in [5.41, 5.74) is 3.18. The van der Waals surface area contributed by atoms with Crippen molar-refractivity contribution >= 4 is 50.1 Å². The lowest BCUT2D eigenvalue weighted by Gasteiger charge is -2.16. The van der Waals surface area contributed by atoms with Crippen LogP contribution >= 0.6 is 50.1 Å². The second-order valence-electron chi connectivity index (χ2n) is 4.26. The highest BCUT2D eigenvalue weighted by Crippen LogP contribution is 2.38. The highest BCUT2D eigenvalue weighted by atomic mass is 127. The smallest absolute Gasteiger partial charge is 0.124 e. The van der Waals surface area contributed by atoms with Gasteiger partial charge in [-0.3, -0.25) is 0 Å². The van der Waals surface area contributed by atoms with Crippen molar-refractivity contribution in [3.8, 4) is 5.75 Å². The van der Waals surface area contributed by atoms with Crippen molar-refractivity contribution in [3.63, 3.8) is 0 Å². The fourth-order valence-corrected chi connectivity index (χ4v) is 3.12. The van der Waals surface area contributed by atoms with Crippen LogP contribution < -0.4 is 4.74 Å². The highest BCUT2D eigenvalue weighted by molar-refractivity contribution is 14.1. The van der Waals surface area contributed by atoms with Gasteiger partial charge in [-0.1, -0.05) is 28.1 Å². The van der Waals surface area contributed by atoms with E-state index in [0.29, 0.717) is 0 Å². The van der Waals surface area contributed by atoms with E-state index in [-0.39, 0.29) is 5.38 Å². The van der Waals surface area contributed by atoms with E-state index in [2.05, 4.69) is 50.7 Å². The van der Waals surface area contributed by atoms with E-state index in [1.165, 1.54) is 3.57 Å². The molecule has 0 N–H and O–H groups in total. The van der Waals surface area contributed by atoms with E-state index in [1.54, 1.807) is 7.11 Å². The Kier molecular flexibility index (Phi) is 5.15. The molecule has 2 rings (SSSR count). The number of rotatable bonds is 3. The molecule has 0 aliphatic carbocycles. The number of methoxy groups -OCH3 is 1. The average molecular weight is 452 g/mol. The van der Waals surface area contributed by atoms with E-state index < -0.39 is 0 Å². The molecule has 19 heavy (non-hydrogen) atoms. The van der Waals surface area contributed by atoms with Crippen LogP contribution in [0, 0.1) is 10.5 Å². The van der Waals surface area contributed by atoms with Crippen molar-refractivity contribution in [2.24, 2.45) is 0 Å². The topological polar surface area (TPSA) is 9.23 Å². The first kappa shape index (κ1) is 15.1. The van der Waals surface area contributed by atoms with Gasteiger partial charge in [-0.2, -0.15) is 0 Å². The van der Waals surface area contributed by atoms with Crippen LogP contribution in [0.2, 0.25) is 0 Å². The van der Waals surface area contributed by atoms with Gasteiger partial charge in [0.1, 0.15) is 5.75 Å². The fraction of sp³-hybridized carbons (Fsp3) is 0.200. The van der Waals surface area contributed by atoms with Crippen LogP contribution in [0.3, 0.4) is 0 Å². The Hall–Kier alpha value is -0.260. The Morgan fingerprint density at radius 1 is 1.26 bits per heavy atom. The summed E-state index contributed by atoms with van der Waals surface area (Å²) in [6.45, 7) is 2.03. The molecule has 0 aliphatic heterocycles. The summed E-state index contributed by atoms with van der Waals surface area (Å²) in [6, 6.07) is 12.2. The number of halogens is 3. The van der Waals surface area contributed by atoms with Gasteiger partial charge in [-0.05, 0) is 64.9 Å².